The Hall–Kier alpha value is -1.55. The van der Waals surface area contributed by atoms with E-state index in [4.69, 9.17) is 0 Å². The van der Waals surface area contributed by atoms with E-state index in [9.17, 15) is 4.79 Å². The van der Waals surface area contributed by atoms with Crippen LogP contribution in [0.25, 0.3) is 0 Å². The van der Waals surface area contributed by atoms with Crippen LogP contribution < -0.4 is 10.6 Å². The molecule has 1 rings (SSSR count). The number of para-hydroxylation sites is 1. The number of nitrogens with zero attached hydrogens (tertiary/aromatic N) is 1. The Labute approximate surface area is 103 Å². The first-order valence-corrected chi connectivity index (χ1v) is 5.89. The number of hydrogen-bond donors (Lipinski definition) is 2. The maximum atomic E-state index is 11.4. The number of carbonyl (C=O) groups is 1. The maximum Gasteiger partial charge on any atom is 0.221 e. The molecule has 1 aromatic rings. The van der Waals surface area contributed by atoms with Crippen molar-refractivity contribution in [1.29, 1.82) is 0 Å². The summed E-state index contributed by atoms with van der Waals surface area (Å²) in [6, 6.07) is 9.89. The smallest absolute Gasteiger partial charge is 0.221 e. The van der Waals surface area contributed by atoms with E-state index in [1.54, 1.807) is 0 Å². The van der Waals surface area contributed by atoms with E-state index in [2.05, 4.69) is 10.6 Å². The van der Waals surface area contributed by atoms with E-state index in [1.807, 2.05) is 49.3 Å². The molecule has 0 fully saturated rings. The van der Waals surface area contributed by atoms with Gasteiger partial charge >= 0.3 is 0 Å². The SMILES string of the molecule is CN(C)CCNC(=O)CCNc1ccccc1. The van der Waals surface area contributed by atoms with Crippen molar-refractivity contribution in [1.82, 2.24) is 10.2 Å². The summed E-state index contributed by atoms with van der Waals surface area (Å²) in [5, 5.41) is 6.08. The summed E-state index contributed by atoms with van der Waals surface area (Å²) < 4.78 is 0. The second kappa shape index (κ2) is 7.68. The van der Waals surface area contributed by atoms with E-state index in [1.165, 1.54) is 0 Å². The second-order valence-electron chi connectivity index (χ2n) is 4.20. The lowest BCUT2D eigenvalue weighted by molar-refractivity contribution is -0.120. The van der Waals surface area contributed by atoms with E-state index in [0.717, 1.165) is 12.2 Å². The Bertz CT molecular complexity index is 325. The number of likely N-dealkylation sites (N-methyl/N-ethyl adjacent to an activating group) is 1. The highest BCUT2D eigenvalue weighted by atomic mass is 16.1. The molecule has 17 heavy (non-hydrogen) atoms. The molecule has 0 saturated carbocycles. The molecule has 0 aromatic heterocycles. The largest absolute Gasteiger partial charge is 0.385 e. The Balaban J connectivity index is 2.08. The van der Waals surface area contributed by atoms with Crippen LogP contribution in [0.3, 0.4) is 0 Å². The third-order valence-electron chi connectivity index (χ3n) is 2.34. The van der Waals surface area contributed by atoms with Gasteiger partial charge in [0, 0.05) is 31.7 Å². The van der Waals surface area contributed by atoms with E-state index >= 15 is 0 Å². The van der Waals surface area contributed by atoms with Crippen molar-refractivity contribution < 1.29 is 4.79 Å². The van der Waals surface area contributed by atoms with Crippen LogP contribution in [-0.4, -0.2) is 44.5 Å². The van der Waals surface area contributed by atoms with Crippen molar-refractivity contribution in [3.8, 4) is 0 Å². The van der Waals surface area contributed by atoms with Crippen LogP contribution in [0.5, 0.6) is 0 Å². The first-order valence-electron chi connectivity index (χ1n) is 5.89. The van der Waals surface area contributed by atoms with Gasteiger partial charge in [-0.3, -0.25) is 4.79 Å². The van der Waals surface area contributed by atoms with Gasteiger partial charge in [0.1, 0.15) is 0 Å². The minimum Gasteiger partial charge on any atom is -0.385 e. The summed E-state index contributed by atoms with van der Waals surface area (Å²) in [6.45, 7) is 2.24. The van der Waals surface area contributed by atoms with Crippen molar-refractivity contribution in [2.75, 3.05) is 39.0 Å². The normalized spacial score (nSPS) is 10.3. The van der Waals surface area contributed by atoms with Crippen LogP contribution in [0.2, 0.25) is 0 Å². The van der Waals surface area contributed by atoms with Crippen molar-refractivity contribution in [2.45, 2.75) is 6.42 Å². The number of rotatable bonds is 7. The second-order valence-corrected chi connectivity index (χ2v) is 4.20. The number of amides is 1. The van der Waals surface area contributed by atoms with Crippen LogP contribution in [0.15, 0.2) is 30.3 Å². The van der Waals surface area contributed by atoms with Crippen molar-refractivity contribution in [3.05, 3.63) is 30.3 Å². The predicted molar refractivity (Wildman–Crippen MR) is 71.1 cm³/mol. The molecule has 0 heterocycles. The molecular formula is C13H21N3O. The van der Waals surface area contributed by atoms with Gasteiger partial charge in [0.15, 0.2) is 0 Å². The minimum absolute atomic E-state index is 0.0929. The molecule has 0 bridgehead atoms. The number of hydrogen-bond acceptors (Lipinski definition) is 3. The average molecular weight is 235 g/mol. The minimum atomic E-state index is 0.0929. The average Bonchev–Trinajstić information content (AvgIpc) is 2.30. The highest BCUT2D eigenvalue weighted by Gasteiger charge is 2.00. The zero-order valence-corrected chi connectivity index (χ0v) is 10.6. The Kier molecular flexibility index (Phi) is 6.10. The van der Waals surface area contributed by atoms with Gasteiger partial charge < -0.3 is 15.5 Å². The zero-order chi connectivity index (χ0) is 12.5. The molecule has 0 saturated heterocycles. The lowest BCUT2D eigenvalue weighted by Crippen LogP contribution is -2.32. The molecule has 4 nitrogen and oxygen atoms in total. The monoisotopic (exact) mass is 235 g/mol. The molecule has 94 valence electrons. The highest BCUT2D eigenvalue weighted by Crippen LogP contribution is 2.04. The molecule has 0 atom stereocenters. The van der Waals surface area contributed by atoms with Gasteiger partial charge in [-0.2, -0.15) is 0 Å². The maximum absolute atomic E-state index is 11.4. The fourth-order valence-corrected chi connectivity index (χ4v) is 1.38. The summed E-state index contributed by atoms with van der Waals surface area (Å²) in [6.07, 6.45) is 0.502. The number of anilines is 1. The Morgan fingerprint density at radius 1 is 1.18 bits per heavy atom. The molecule has 0 aliphatic rings. The van der Waals surface area contributed by atoms with E-state index < -0.39 is 0 Å². The molecule has 1 amide bonds. The number of carbonyl (C=O) groups excluding carboxylic acids is 1. The molecule has 2 N–H and O–H groups in total. The molecule has 0 aliphatic heterocycles. The van der Waals surface area contributed by atoms with Crippen molar-refractivity contribution in [3.63, 3.8) is 0 Å². The van der Waals surface area contributed by atoms with Gasteiger partial charge in [-0.1, -0.05) is 18.2 Å². The quantitative estimate of drug-likeness (QED) is 0.745. The summed E-state index contributed by atoms with van der Waals surface area (Å²) in [5.74, 6) is 0.0929. The summed E-state index contributed by atoms with van der Waals surface area (Å²) in [7, 11) is 3.98. The molecular weight excluding hydrogens is 214 g/mol. The molecule has 1 aromatic carbocycles. The molecule has 0 unspecified atom stereocenters. The predicted octanol–water partition coefficient (Wildman–Crippen LogP) is 1.17. The van der Waals surface area contributed by atoms with Crippen LogP contribution in [0.1, 0.15) is 6.42 Å². The van der Waals surface area contributed by atoms with Crippen LogP contribution in [0.4, 0.5) is 5.69 Å². The topological polar surface area (TPSA) is 44.4 Å². The lowest BCUT2D eigenvalue weighted by Gasteiger charge is -2.10. The van der Waals surface area contributed by atoms with Gasteiger partial charge in [0.05, 0.1) is 0 Å². The summed E-state index contributed by atoms with van der Waals surface area (Å²) in [4.78, 5) is 13.5. The van der Waals surface area contributed by atoms with E-state index in [0.29, 0.717) is 19.5 Å². The summed E-state index contributed by atoms with van der Waals surface area (Å²) in [5.41, 5.74) is 1.05. The standard InChI is InChI=1S/C13H21N3O/c1-16(2)11-10-15-13(17)8-9-14-12-6-4-3-5-7-12/h3-7,14H,8-11H2,1-2H3,(H,15,17). The Morgan fingerprint density at radius 2 is 1.88 bits per heavy atom. The highest BCUT2D eigenvalue weighted by molar-refractivity contribution is 5.76. The number of benzene rings is 1. The van der Waals surface area contributed by atoms with Crippen molar-refractivity contribution >= 4 is 11.6 Å². The lowest BCUT2D eigenvalue weighted by atomic mass is 10.3. The van der Waals surface area contributed by atoms with Crippen LogP contribution in [-0.2, 0) is 4.79 Å². The van der Waals surface area contributed by atoms with Crippen LogP contribution >= 0.6 is 0 Å². The van der Waals surface area contributed by atoms with Gasteiger partial charge in [-0.25, -0.2) is 0 Å². The molecule has 0 spiro atoms. The van der Waals surface area contributed by atoms with Crippen LogP contribution in [0, 0.1) is 0 Å². The van der Waals surface area contributed by atoms with Gasteiger partial charge in [-0.15, -0.1) is 0 Å². The fourth-order valence-electron chi connectivity index (χ4n) is 1.38. The van der Waals surface area contributed by atoms with E-state index in [-0.39, 0.29) is 5.91 Å². The summed E-state index contributed by atoms with van der Waals surface area (Å²) >= 11 is 0. The van der Waals surface area contributed by atoms with Gasteiger partial charge in [0.2, 0.25) is 5.91 Å². The first-order chi connectivity index (χ1) is 8.18. The van der Waals surface area contributed by atoms with Gasteiger partial charge in [0.25, 0.3) is 0 Å². The third-order valence-corrected chi connectivity index (χ3v) is 2.34. The Morgan fingerprint density at radius 3 is 2.53 bits per heavy atom. The number of nitrogens with one attached hydrogen (secondary N) is 2. The third kappa shape index (κ3) is 6.58. The molecule has 0 radical (unpaired) electrons. The fraction of sp³-hybridized carbons (Fsp3) is 0.462. The van der Waals surface area contributed by atoms with Gasteiger partial charge in [-0.05, 0) is 26.2 Å². The molecule has 4 heteroatoms. The van der Waals surface area contributed by atoms with Crippen molar-refractivity contribution in [2.24, 2.45) is 0 Å². The molecule has 0 aliphatic carbocycles. The first kappa shape index (κ1) is 13.5. The zero-order valence-electron chi connectivity index (χ0n) is 10.6.